The summed E-state index contributed by atoms with van der Waals surface area (Å²) in [7, 11) is 1.34. The number of carbonyl (C=O) groups excluding carboxylic acids is 1. The first-order valence-electron chi connectivity index (χ1n) is 19.2. The van der Waals surface area contributed by atoms with Crippen LogP contribution in [0.15, 0.2) is 53.7 Å². The molecule has 2 saturated heterocycles. The molecule has 0 radical (unpaired) electrons. The first-order valence-corrected chi connectivity index (χ1v) is 19.2. The van der Waals surface area contributed by atoms with Gasteiger partial charge in [-0.1, -0.05) is 39.3 Å². The number of alkyl carbamates (subject to hydrolysis) is 1. The number of ether oxygens (including phenoxy) is 2. The number of hydrogen-bond acceptors (Lipinski definition) is 9. The summed E-state index contributed by atoms with van der Waals surface area (Å²) >= 11 is 0. The van der Waals surface area contributed by atoms with Crippen LogP contribution in [0.4, 0.5) is 4.79 Å². The normalized spacial score (nSPS) is 24.1. The van der Waals surface area contributed by atoms with Gasteiger partial charge >= 0.3 is 6.09 Å². The maximum atomic E-state index is 12.1. The molecule has 6 heterocycles. The Morgan fingerprint density at radius 3 is 2.77 bits per heavy atom. The lowest BCUT2D eigenvalue weighted by molar-refractivity contribution is -0.0440. The Balaban J connectivity index is 1.07. The van der Waals surface area contributed by atoms with Crippen molar-refractivity contribution in [2.45, 2.75) is 102 Å². The molecule has 12 heteroatoms. The van der Waals surface area contributed by atoms with E-state index in [2.05, 4.69) is 74.9 Å². The molecule has 276 valence electrons. The highest BCUT2D eigenvalue weighted by Gasteiger charge is 2.38. The average molecular weight is 709 g/mol. The van der Waals surface area contributed by atoms with Gasteiger partial charge in [0.05, 0.1) is 48.0 Å². The van der Waals surface area contributed by atoms with Gasteiger partial charge in [-0.25, -0.2) is 9.78 Å². The number of aliphatic hydroxyl groups is 1. The minimum absolute atomic E-state index is 0.00857. The number of amides is 1. The Bertz CT molecular complexity index is 1940. The van der Waals surface area contributed by atoms with Crippen LogP contribution in [0.3, 0.4) is 0 Å². The molecule has 12 nitrogen and oxygen atoms in total. The largest absolute Gasteiger partial charge is 0.469 e. The van der Waals surface area contributed by atoms with Gasteiger partial charge in [0, 0.05) is 47.6 Å². The fraction of sp³-hybridized carbons (Fsp3) is 0.525. The zero-order chi connectivity index (χ0) is 35.9. The van der Waals surface area contributed by atoms with E-state index < -0.39 is 18.4 Å². The molecule has 6 unspecified atom stereocenters. The first kappa shape index (κ1) is 34.8. The number of aliphatic imine (C=N–C) groups is 1. The number of aromatic nitrogens is 3. The molecule has 4 aromatic rings. The predicted molar refractivity (Wildman–Crippen MR) is 202 cm³/mol. The zero-order valence-electron chi connectivity index (χ0n) is 30.7. The van der Waals surface area contributed by atoms with Gasteiger partial charge in [-0.2, -0.15) is 0 Å². The van der Waals surface area contributed by atoms with Crippen molar-refractivity contribution < 1.29 is 19.4 Å². The van der Waals surface area contributed by atoms with E-state index in [9.17, 15) is 9.90 Å². The van der Waals surface area contributed by atoms with Crippen LogP contribution in [-0.2, 0) is 4.74 Å². The second kappa shape index (κ2) is 14.7. The van der Waals surface area contributed by atoms with Crippen LogP contribution in [0.5, 0.6) is 5.75 Å². The number of fused-ring (bicyclic) bond motifs is 5. The second-order valence-corrected chi connectivity index (χ2v) is 15.1. The molecule has 0 spiro atoms. The van der Waals surface area contributed by atoms with Gasteiger partial charge in [0.2, 0.25) is 0 Å². The maximum absolute atomic E-state index is 12.1. The second-order valence-electron chi connectivity index (χ2n) is 15.1. The van der Waals surface area contributed by atoms with Crippen LogP contribution in [0.1, 0.15) is 89.4 Å². The van der Waals surface area contributed by atoms with Crippen molar-refractivity contribution in [2.75, 3.05) is 26.7 Å². The Morgan fingerprint density at radius 2 is 1.98 bits per heavy atom. The number of rotatable bonds is 11. The van der Waals surface area contributed by atoms with E-state index >= 15 is 0 Å². The molecular formula is C40H52N8O4. The van der Waals surface area contributed by atoms with E-state index in [0.29, 0.717) is 12.6 Å². The number of aromatic amines is 1. The van der Waals surface area contributed by atoms with E-state index in [-0.39, 0.29) is 24.4 Å². The van der Waals surface area contributed by atoms with Crippen molar-refractivity contribution in [3.63, 3.8) is 0 Å². The van der Waals surface area contributed by atoms with Crippen molar-refractivity contribution in [3.05, 3.63) is 60.0 Å². The molecule has 52 heavy (non-hydrogen) atoms. The summed E-state index contributed by atoms with van der Waals surface area (Å²) in [6, 6.07) is 15.3. The number of imidazole rings is 1. The average Bonchev–Trinajstić information content (AvgIpc) is 4.00. The molecule has 4 aliphatic rings. The van der Waals surface area contributed by atoms with Crippen LogP contribution in [-0.4, -0.2) is 87.6 Å². The molecule has 5 N–H and O–H groups in total. The lowest BCUT2D eigenvalue weighted by Gasteiger charge is -2.35. The summed E-state index contributed by atoms with van der Waals surface area (Å²) in [6.07, 6.45) is 7.76. The Kier molecular flexibility index (Phi) is 9.82. The summed E-state index contributed by atoms with van der Waals surface area (Å²) in [5.41, 5.74) is 7.60. The molecular weight excluding hydrogens is 656 g/mol. The van der Waals surface area contributed by atoms with Crippen molar-refractivity contribution in [1.82, 2.24) is 35.4 Å². The van der Waals surface area contributed by atoms with Gasteiger partial charge < -0.3 is 34.8 Å². The van der Waals surface area contributed by atoms with Gasteiger partial charge in [0.25, 0.3) is 0 Å². The molecule has 2 aromatic carbocycles. The number of methoxy groups -OCH3 is 1. The lowest BCUT2D eigenvalue weighted by atomic mass is 10.0. The van der Waals surface area contributed by atoms with Gasteiger partial charge in [0.15, 0.2) is 6.23 Å². The summed E-state index contributed by atoms with van der Waals surface area (Å²) in [4.78, 5) is 27.6. The van der Waals surface area contributed by atoms with Crippen LogP contribution >= 0.6 is 0 Å². The Morgan fingerprint density at radius 1 is 1.12 bits per heavy atom. The molecule has 0 saturated carbocycles. The smallest absolute Gasteiger partial charge is 0.407 e. The predicted octanol–water partition coefficient (Wildman–Crippen LogP) is 6.09. The van der Waals surface area contributed by atoms with E-state index in [1.807, 2.05) is 24.9 Å². The third-order valence-corrected chi connectivity index (χ3v) is 11.4. The number of likely N-dealkylation sites (tertiary alicyclic amines) is 1. The number of H-pyrrole nitrogens is 1. The van der Waals surface area contributed by atoms with Crippen LogP contribution in [0.2, 0.25) is 0 Å². The van der Waals surface area contributed by atoms with Crippen LogP contribution in [0, 0.1) is 5.92 Å². The number of unbranched alkanes of at least 4 members (excludes halogenated alkanes) is 1. The third kappa shape index (κ3) is 6.50. The van der Waals surface area contributed by atoms with Gasteiger partial charge in [0.1, 0.15) is 24.0 Å². The quantitative estimate of drug-likeness (QED) is 0.126. The van der Waals surface area contributed by atoms with E-state index in [4.69, 9.17) is 19.5 Å². The Labute approximate surface area is 305 Å². The SMILES string of the molecule is CCCCC1Oc2cc(C3=NC(C4CCCN4)NC3)ccc2-c2cc3cc(-c4cnc(C5CCCN5C(O)C(NC(=O)OC)C(C)C)[nH]4)ccc3n21. The molecule has 8 rings (SSSR count). The topological polar surface area (TPSA) is 141 Å². The number of aliphatic hydroxyl groups excluding tert-OH is 1. The van der Waals surface area contributed by atoms with Crippen LogP contribution in [0.25, 0.3) is 33.4 Å². The van der Waals surface area contributed by atoms with Crippen molar-refractivity contribution >= 4 is 22.7 Å². The highest BCUT2D eigenvalue weighted by molar-refractivity contribution is 6.04. The molecule has 6 atom stereocenters. The van der Waals surface area contributed by atoms with Crippen molar-refractivity contribution in [1.29, 1.82) is 0 Å². The fourth-order valence-electron chi connectivity index (χ4n) is 8.59. The lowest BCUT2D eigenvalue weighted by Crippen LogP contribution is -2.54. The molecule has 2 aromatic heterocycles. The van der Waals surface area contributed by atoms with Gasteiger partial charge in [-0.15, -0.1) is 0 Å². The highest BCUT2D eigenvalue weighted by Crippen LogP contribution is 2.45. The summed E-state index contributed by atoms with van der Waals surface area (Å²) < 4.78 is 14.0. The highest BCUT2D eigenvalue weighted by atomic mass is 16.5. The monoisotopic (exact) mass is 708 g/mol. The maximum Gasteiger partial charge on any atom is 0.407 e. The minimum atomic E-state index is -0.875. The van der Waals surface area contributed by atoms with E-state index in [1.54, 1.807) is 0 Å². The number of hydrogen-bond donors (Lipinski definition) is 5. The Hall–Kier alpha value is -4.23. The number of nitrogens with zero attached hydrogens (tertiary/aromatic N) is 4. The number of carbonyl (C=O) groups is 1. The molecule has 1 amide bonds. The minimum Gasteiger partial charge on any atom is -0.469 e. The number of nitrogens with one attached hydrogen (secondary N) is 4. The molecule has 0 aliphatic carbocycles. The van der Waals surface area contributed by atoms with Gasteiger partial charge in [-0.3, -0.25) is 15.2 Å². The van der Waals surface area contributed by atoms with Crippen molar-refractivity contribution in [2.24, 2.45) is 10.9 Å². The molecule has 4 aliphatic heterocycles. The standard InChI is InChI=1S/C40H52N8O4/c1-5-6-11-35-48-31-15-13-24(29-22-43-38(45-29)32-10-8-17-47(32)39(49)36(23(2)3)46-40(50)51-4)18-26(31)19-33(48)27-14-12-25(20-34(27)52-35)30-21-42-37(44-30)28-9-7-16-41-28/h12-15,18-20,22-23,28,32,35-37,39,41-42,49H,5-11,16-17,21H2,1-4H3,(H,43,45)(H,46,50). The summed E-state index contributed by atoms with van der Waals surface area (Å²) in [6.45, 7) is 8.74. The zero-order valence-corrected chi connectivity index (χ0v) is 30.7. The first-order chi connectivity index (χ1) is 25.3. The summed E-state index contributed by atoms with van der Waals surface area (Å²) in [5, 5.41) is 22.6. The van der Waals surface area contributed by atoms with Crippen LogP contribution < -0.4 is 20.7 Å². The van der Waals surface area contributed by atoms with E-state index in [1.165, 1.54) is 19.2 Å². The third-order valence-electron chi connectivity index (χ3n) is 11.4. The molecule has 0 bridgehead atoms. The summed E-state index contributed by atoms with van der Waals surface area (Å²) in [5.74, 6) is 1.74. The molecule has 2 fully saturated rings. The van der Waals surface area contributed by atoms with Gasteiger partial charge in [-0.05, 0) is 74.9 Å². The fourth-order valence-corrected chi connectivity index (χ4v) is 8.59. The van der Waals surface area contributed by atoms with Crippen molar-refractivity contribution in [3.8, 4) is 28.3 Å². The number of benzene rings is 2. The van der Waals surface area contributed by atoms with E-state index in [0.717, 1.165) is 102 Å².